The first-order chi connectivity index (χ1) is 14.5. The Morgan fingerprint density at radius 2 is 1.74 bits per heavy atom. The van der Waals surface area contributed by atoms with E-state index in [0.29, 0.717) is 5.75 Å². The molecule has 3 N–H and O–H groups in total. The Labute approximate surface area is 184 Å². The fourth-order valence-electron chi connectivity index (χ4n) is 4.84. The monoisotopic (exact) mass is 430 g/mol. The molecule has 170 valence electrons. The van der Waals surface area contributed by atoms with Gasteiger partial charge >= 0.3 is 6.03 Å². The molecule has 3 rings (SSSR count). The Balaban J connectivity index is 1.50. The summed E-state index contributed by atoms with van der Waals surface area (Å²) < 4.78 is 5.13. The number of methoxy groups -OCH3 is 1. The number of hydrogen-bond acceptors (Lipinski definition) is 5. The van der Waals surface area contributed by atoms with Crippen LogP contribution in [0.15, 0.2) is 24.3 Å². The molecule has 2 aliphatic heterocycles. The number of nitrogens with one attached hydrogen (secondary N) is 3. The Morgan fingerprint density at radius 3 is 2.32 bits per heavy atom. The highest BCUT2D eigenvalue weighted by molar-refractivity contribution is 6.04. The van der Waals surface area contributed by atoms with Crippen LogP contribution in [0.4, 0.5) is 4.79 Å². The van der Waals surface area contributed by atoms with E-state index >= 15 is 0 Å². The van der Waals surface area contributed by atoms with Crippen molar-refractivity contribution in [2.24, 2.45) is 0 Å². The predicted octanol–water partition coefficient (Wildman–Crippen LogP) is 2.32. The van der Waals surface area contributed by atoms with E-state index in [9.17, 15) is 14.4 Å². The minimum Gasteiger partial charge on any atom is -0.497 e. The van der Waals surface area contributed by atoms with Crippen molar-refractivity contribution in [3.8, 4) is 5.75 Å². The lowest BCUT2D eigenvalue weighted by Crippen LogP contribution is -2.62. The van der Waals surface area contributed by atoms with Crippen molar-refractivity contribution in [2.45, 2.75) is 83.1 Å². The number of carbonyl (C=O) groups is 3. The number of piperidine rings is 1. The minimum absolute atomic E-state index is 0.0585. The largest absolute Gasteiger partial charge is 0.497 e. The predicted molar refractivity (Wildman–Crippen MR) is 118 cm³/mol. The summed E-state index contributed by atoms with van der Waals surface area (Å²) in [7, 11) is 1.58. The zero-order chi connectivity index (χ0) is 22.8. The SMILES string of the molecule is COc1ccc(CN2C(=O)NC(CCC(=O)NC3CC(C)(C)NC(C)(C)C3)C2=O)cc1. The number of nitrogens with zero attached hydrogens (tertiary/aromatic N) is 1. The maximum atomic E-state index is 12.7. The van der Waals surface area contributed by atoms with Gasteiger partial charge < -0.3 is 20.7 Å². The molecule has 0 spiro atoms. The number of imide groups is 1. The molecule has 0 bridgehead atoms. The van der Waals surface area contributed by atoms with Crippen molar-refractivity contribution >= 4 is 17.8 Å². The van der Waals surface area contributed by atoms with Gasteiger partial charge in [-0.1, -0.05) is 12.1 Å². The lowest BCUT2D eigenvalue weighted by molar-refractivity contribution is -0.128. The Kier molecular flexibility index (Phi) is 6.59. The van der Waals surface area contributed by atoms with Gasteiger partial charge in [0.05, 0.1) is 13.7 Å². The molecule has 1 atom stereocenters. The summed E-state index contributed by atoms with van der Waals surface area (Å²) in [6, 6.07) is 6.21. The van der Waals surface area contributed by atoms with Crippen molar-refractivity contribution in [3.63, 3.8) is 0 Å². The van der Waals surface area contributed by atoms with Gasteiger partial charge in [0.1, 0.15) is 11.8 Å². The van der Waals surface area contributed by atoms with E-state index < -0.39 is 12.1 Å². The fraction of sp³-hybridized carbons (Fsp3) is 0.609. The summed E-state index contributed by atoms with van der Waals surface area (Å²) in [5.41, 5.74) is 0.715. The molecule has 0 aliphatic carbocycles. The lowest BCUT2D eigenvalue weighted by Gasteiger charge is -2.46. The van der Waals surface area contributed by atoms with Crippen LogP contribution in [0.5, 0.6) is 5.75 Å². The number of urea groups is 1. The molecular weight excluding hydrogens is 396 g/mol. The van der Waals surface area contributed by atoms with Gasteiger partial charge in [0.25, 0.3) is 5.91 Å². The van der Waals surface area contributed by atoms with Crippen molar-refractivity contribution in [3.05, 3.63) is 29.8 Å². The van der Waals surface area contributed by atoms with Gasteiger partial charge in [0.2, 0.25) is 5.91 Å². The van der Waals surface area contributed by atoms with Gasteiger partial charge in [-0.25, -0.2) is 4.79 Å². The van der Waals surface area contributed by atoms with E-state index in [2.05, 4.69) is 43.6 Å². The van der Waals surface area contributed by atoms with Crippen molar-refractivity contribution in [1.82, 2.24) is 20.9 Å². The van der Waals surface area contributed by atoms with Crippen LogP contribution in [-0.4, -0.2) is 53.0 Å². The third kappa shape index (κ3) is 5.97. The molecule has 2 fully saturated rings. The van der Waals surface area contributed by atoms with Crippen molar-refractivity contribution < 1.29 is 19.1 Å². The number of benzene rings is 1. The standard InChI is InChI=1S/C23H34N4O4/c1-22(2)12-16(13-23(3,4)26-22)24-19(28)11-10-18-20(29)27(21(30)25-18)14-15-6-8-17(31-5)9-7-15/h6-9,16,18,26H,10-14H2,1-5H3,(H,24,28)(H,25,30). The van der Waals surface area contributed by atoms with Crippen LogP contribution in [0.2, 0.25) is 0 Å². The number of ether oxygens (including phenoxy) is 1. The van der Waals surface area contributed by atoms with E-state index in [-0.39, 0.29) is 48.3 Å². The second-order valence-electron chi connectivity index (χ2n) is 9.88. The molecule has 8 heteroatoms. The molecule has 0 radical (unpaired) electrons. The van der Waals surface area contributed by atoms with E-state index in [1.54, 1.807) is 19.2 Å². The zero-order valence-electron chi connectivity index (χ0n) is 19.1. The number of hydrogen-bond donors (Lipinski definition) is 3. The van der Waals surface area contributed by atoms with Gasteiger partial charge in [-0.2, -0.15) is 0 Å². The van der Waals surface area contributed by atoms with Crippen LogP contribution < -0.4 is 20.7 Å². The quantitative estimate of drug-likeness (QED) is 0.577. The first-order valence-corrected chi connectivity index (χ1v) is 10.8. The molecule has 2 heterocycles. The normalized spacial score (nSPS) is 22.9. The van der Waals surface area contributed by atoms with E-state index in [0.717, 1.165) is 18.4 Å². The van der Waals surface area contributed by atoms with Crippen LogP contribution in [0.3, 0.4) is 0 Å². The molecule has 1 aromatic carbocycles. The third-order valence-electron chi connectivity index (χ3n) is 5.82. The molecule has 31 heavy (non-hydrogen) atoms. The second-order valence-corrected chi connectivity index (χ2v) is 9.88. The first-order valence-electron chi connectivity index (χ1n) is 10.8. The van der Waals surface area contributed by atoms with Crippen LogP contribution in [0.1, 0.15) is 58.9 Å². The molecule has 8 nitrogen and oxygen atoms in total. The second kappa shape index (κ2) is 8.86. The smallest absolute Gasteiger partial charge is 0.325 e. The highest BCUT2D eigenvalue weighted by Gasteiger charge is 2.39. The summed E-state index contributed by atoms with van der Waals surface area (Å²) in [5, 5.41) is 9.42. The Hall–Kier alpha value is -2.61. The molecule has 4 amide bonds. The van der Waals surface area contributed by atoms with Gasteiger partial charge in [-0.3, -0.25) is 14.5 Å². The molecule has 2 aliphatic rings. The van der Waals surface area contributed by atoms with E-state index in [1.165, 1.54) is 4.90 Å². The molecule has 2 saturated heterocycles. The van der Waals surface area contributed by atoms with E-state index in [1.807, 2.05) is 12.1 Å². The summed E-state index contributed by atoms with van der Waals surface area (Å²) in [6.07, 6.45) is 2.17. The highest BCUT2D eigenvalue weighted by atomic mass is 16.5. The summed E-state index contributed by atoms with van der Waals surface area (Å²) >= 11 is 0. The highest BCUT2D eigenvalue weighted by Crippen LogP contribution is 2.28. The maximum Gasteiger partial charge on any atom is 0.325 e. The maximum absolute atomic E-state index is 12.7. The number of amides is 4. The first kappa shape index (κ1) is 23.1. The summed E-state index contributed by atoms with van der Waals surface area (Å²) in [5.74, 6) is 0.331. The van der Waals surface area contributed by atoms with Crippen molar-refractivity contribution in [1.29, 1.82) is 0 Å². The van der Waals surface area contributed by atoms with Crippen LogP contribution in [0.25, 0.3) is 0 Å². The van der Waals surface area contributed by atoms with Gasteiger partial charge in [0.15, 0.2) is 0 Å². The van der Waals surface area contributed by atoms with Gasteiger partial charge in [0, 0.05) is 23.5 Å². The van der Waals surface area contributed by atoms with Crippen LogP contribution in [-0.2, 0) is 16.1 Å². The molecule has 1 unspecified atom stereocenters. The summed E-state index contributed by atoms with van der Waals surface area (Å²) in [4.78, 5) is 38.7. The van der Waals surface area contributed by atoms with Gasteiger partial charge in [-0.05, 0) is 64.7 Å². The zero-order valence-corrected chi connectivity index (χ0v) is 19.1. The lowest BCUT2D eigenvalue weighted by atomic mass is 9.79. The third-order valence-corrected chi connectivity index (χ3v) is 5.82. The summed E-state index contributed by atoms with van der Waals surface area (Å²) in [6.45, 7) is 8.74. The van der Waals surface area contributed by atoms with Gasteiger partial charge in [-0.15, -0.1) is 0 Å². The molecule has 1 aromatic rings. The molecule has 0 aromatic heterocycles. The topological polar surface area (TPSA) is 99.8 Å². The molecular formula is C23H34N4O4. The molecule has 0 saturated carbocycles. The van der Waals surface area contributed by atoms with Crippen LogP contribution in [0, 0.1) is 0 Å². The van der Waals surface area contributed by atoms with Crippen LogP contribution >= 0.6 is 0 Å². The minimum atomic E-state index is -0.669. The number of carbonyl (C=O) groups excluding carboxylic acids is 3. The average molecular weight is 431 g/mol. The Bertz CT molecular complexity index is 818. The fourth-order valence-corrected chi connectivity index (χ4v) is 4.84. The van der Waals surface area contributed by atoms with E-state index in [4.69, 9.17) is 4.74 Å². The number of rotatable bonds is 7. The average Bonchev–Trinajstić information content (AvgIpc) is 2.92. The Morgan fingerprint density at radius 1 is 1.13 bits per heavy atom. The van der Waals surface area contributed by atoms with Crippen molar-refractivity contribution in [2.75, 3.05) is 7.11 Å².